The minimum absolute atomic E-state index is 0.769. The summed E-state index contributed by atoms with van der Waals surface area (Å²) in [6.45, 7) is 2.15. The molecule has 0 atom stereocenters. The highest BCUT2D eigenvalue weighted by Gasteiger charge is 2.09. The second-order valence-corrected chi connectivity index (χ2v) is 5.61. The van der Waals surface area contributed by atoms with Gasteiger partial charge in [-0.25, -0.2) is 0 Å². The van der Waals surface area contributed by atoms with Crippen LogP contribution in [0.2, 0.25) is 0 Å². The Morgan fingerprint density at radius 2 is 1.90 bits per heavy atom. The number of hydrogen-bond acceptors (Lipinski definition) is 5. The van der Waals surface area contributed by atoms with Crippen LogP contribution in [0.15, 0.2) is 41.6 Å². The highest BCUT2D eigenvalue weighted by molar-refractivity contribution is 7.99. The molecule has 0 aliphatic rings. The largest absolute Gasteiger partial charge is 0.497 e. The van der Waals surface area contributed by atoms with Gasteiger partial charge < -0.3 is 4.74 Å². The number of fused-ring (bicyclic) bond motifs is 1. The summed E-state index contributed by atoms with van der Waals surface area (Å²) in [4.78, 5) is 0. The maximum absolute atomic E-state index is 5.18. The van der Waals surface area contributed by atoms with E-state index < -0.39 is 0 Å². The van der Waals surface area contributed by atoms with Crippen molar-refractivity contribution in [3.63, 3.8) is 0 Å². The fourth-order valence-corrected chi connectivity index (χ4v) is 2.71. The van der Waals surface area contributed by atoms with E-state index in [4.69, 9.17) is 4.74 Å². The lowest BCUT2D eigenvalue weighted by Gasteiger charge is -2.04. The molecule has 3 aromatic rings. The van der Waals surface area contributed by atoms with E-state index >= 15 is 0 Å². The molecule has 0 aliphatic heterocycles. The molecule has 21 heavy (non-hydrogen) atoms. The number of aromatic nitrogens is 4. The van der Waals surface area contributed by atoms with Crippen molar-refractivity contribution in [1.29, 1.82) is 0 Å². The van der Waals surface area contributed by atoms with Gasteiger partial charge in [0.05, 0.1) is 12.8 Å². The Morgan fingerprint density at radius 1 is 1.10 bits per heavy atom. The molecular formula is C15H16N4OS. The van der Waals surface area contributed by atoms with Gasteiger partial charge in [-0.05, 0) is 42.8 Å². The van der Waals surface area contributed by atoms with Crippen LogP contribution in [-0.2, 0) is 0 Å². The Balaban J connectivity index is 1.98. The van der Waals surface area contributed by atoms with Gasteiger partial charge in [-0.1, -0.05) is 18.7 Å². The van der Waals surface area contributed by atoms with Gasteiger partial charge in [0.1, 0.15) is 5.75 Å². The molecule has 0 fully saturated rings. The zero-order chi connectivity index (χ0) is 14.7. The lowest BCUT2D eigenvalue weighted by molar-refractivity contribution is 0.415. The Hall–Kier alpha value is -2.08. The minimum Gasteiger partial charge on any atom is -0.497 e. The molecule has 3 rings (SSSR count). The first-order valence-corrected chi connectivity index (χ1v) is 7.80. The monoisotopic (exact) mass is 300 g/mol. The molecule has 0 radical (unpaired) electrons. The van der Waals surface area contributed by atoms with Gasteiger partial charge in [-0.15, -0.1) is 10.2 Å². The predicted octanol–water partition coefficient (Wildman–Crippen LogP) is 3.30. The number of hydrogen-bond donors (Lipinski definition) is 0. The first-order valence-electron chi connectivity index (χ1n) is 6.81. The fourth-order valence-electron chi connectivity index (χ4n) is 1.97. The highest BCUT2D eigenvalue weighted by atomic mass is 32.2. The van der Waals surface area contributed by atoms with E-state index in [1.54, 1.807) is 23.4 Å². The summed E-state index contributed by atoms with van der Waals surface area (Å²) in [6, 6.07) is 11.8. The fraction of sp³-hybridized carbons (Fsp3) is 0.267. The molecule has 5 nitrogen and oxygen atoms in total. The van der Waals surface area contributed by atoms with Gasteiger partial charge in [0.2, 0.25) is 5.16 Å². The molecule has 0 spiro atoms. The number of ether oxygens (including phenoxy) is 1. The van der Waals surface area contributed by atoms with Gasteiger partial charge in [-0.3, -0.25) is 0 Å². The molecule has 0 saturated heterocycles. The van der Waals surface area contributed by atoms with Crippen molar-refractivity contribution in [1.82, 2.24) is 19.8 Å². The summed E-state index contributed by atoms with van der Waals surface area (Å²) in [6.07, 6.45) is 1.09. The Kier molecular flexibility index (Phi) is 4.06. The zero-order valence-electron chi connectivity index (χ0n) is 12.0. The molecule has 0 unspecified atom stereocenters. The van der Waals surface area contributed by atoms with Gasteiger partial charge >= 0.3 is 0 Å². The zero-order valence-corrected chi connectivity index (χ0v) is 12.8. The summed E-state index contributed by atoms with van der Waals surface area (Å²) in [5, 5.41) is 13.8. The summed E-state index contributed by atoms with van der Waals surface area (Å²) in [5.41, 5.74) is 2.70. The first-order chi connectivity index (χ1) is 10.3. The van der Waals surface area contributed by atoms with Crippen molar-refractivity contribution in [2.24, 2.45) is 0 Å². The van der Waals surface area contributed by atoms with E-state index in [-0.39, 0.29) is 0 Å². The van der Waals surface area contributed by atoms with E-state index in [1.165, 1.54) is 0 Å². The molecule has 0 amide bonds. The van der Waals surface area contributed by atoms with Crippen molar-refractivity contribution in [2.45, 2.75) is 18.5 Å². The van der Waals surface area contributed by atoms with Crippen LogP contribution in [0.3, 0.4) is 0 Å². The Morgan fingerprint density at radius 3 is 2.62 bits per heavy atom. The molecule has 2 aromatic heterocycles. The van der Waals surface area contributed by atoms with Crippen molar-refractivity contribution in [3.8, 4) is 17.0 Å². The lowest BCUT2D eigenvalue weighted by atomic mass is 10.1. The second kappa shape index (κ2) is 6.13. The maximum atomic E-state index is 5.18. The van der Waals surface area contributed by atoms with E-state index in [2.05, 4.69) is 22.2 Å². The van der Waals surface area contributed by atoms with Crippen LogP contribution in [0.5, 0.6) is 5.75 Å². The highest BCUT2D eigenvalue weighted by Crippen LogP contribution is 2.22. The molecule has 0 bridgehead atoms. The molecule has 0 N–H and O–H groups in total. The lowest BCUT2D eigenvalue weighted by Crippen LogP contribution is -1.96. The summed E-state index contributed by atoms with van der Waals surface area (Å²) in [5.74, 6) is 1.85. The second-order valence-electron chi connectivity index (χ2n) is 4.55. The first kappa shape index (κ1) is 13.9. The number of methoxy groups -OCH3 is 1. The summed E-state index contributed by atoms with van der Waals surface area (Å²) in [7, 11) is 1.66. The normalized spacial score (nSPS) is 11.0. The van der Waals surface area contributed by atoms with E-state index in [0.29, 0.717) is 0 Å². The van der Waals surface area contributed by atoms with Crippen LogP contribution < -0.4 is 4.74 Å². The maximum Gasteiger partial charge on any atom is 0.212 e. The molecule has 6 heteroatoms. The molecule has 108 valence electrons. The third kappa shape index (κ3) is 2.85. The summed E-state index contributed by atoms with van der Waals surface area (Å²) >= 11 is 1.67. The molecule has 1 aromatic carbocycles. The van der Waals surface area contributed by atoms with Gasteiger partial charge in [0, 0.05) is 11.3 Å². The van der Waals surface area contributed by atoms with E-state index in [0.717, 1.165) is 40.0 Å². The number of nitrogens with zero attached hydrogens (tertiary/aromatic N) is 4. The molecular weight excluding hydrogens is 284 g/mol. The van der Waals surface area contributed by atoms with Crippen LogP contribution >= 0.6 is 11.8 Å². The van der Waals surface area contributed by atoms with Gasteiger partial charge in [0.25, 0.3) is 0 Å². The van der Waals surface area contributed by atoms with Crippen LogP contribution in [0.4, 0.5) is 0 Å². The van der Waals surface area contributed by atoms with Gasteiger partial charge in [-0.2, -0.15) is 9.61 Å². The molecule has 0 saturated carbocycles. The summed E-state index contributed by atoms with van der Waals surface area (Å²) < 4.78 is 6.98. The van der Waals surface area contributed by atoms with Crippen LogP contribution in [0, 0.1) is 0 Å². The average molecular weight is 300 g/mol. The SMILES string of the molecule is CCCSc1nnc2ccc(-c3ccc(OC)cc3)nn12. The van der Waals surface area contributed by atoms with Crippen molar-refractivity contribution < 1.29 is 4.74 Å². The van der Waals surface area contributed by atoms with Gasteiger partial charge in [0.15, 0.2) is 5.65 Å². The molecule has 2 heterocycles. The number of rotatable bonds is 5. The van der Waals surface area contributed by atoms with Crippen LogP contribution in [0.1, 0.15) is 13.3 Å². The Labute approximate surface area is 127 Å². The van der Waals surface area contributed by atoms with Crippen LogP contribution in [0.25, 0.3) is 16.9 Å². The van der Waals surface area contributed by atoms with Crippen molar-refractivity contribution >= 4 is 17.4 Å². The molecule has 0 aliphatic carbocycles. The average Bonchev–Trinajstić information content (AvgIpc) is 2.95. The third-order valence-electron chi connectivity index (χ3n) is 3.06. The van der Waals surface area contributed by atoms with E-state index in [1.807, 2.05) is 36.4 Å². The third-order valence-corrected chi connectivity index (χ3v) is 4.18. The van der Waals surface area contributed by atoms with Crippen molar-refractivity contribution in [3.05, 3.63) is 36.4 Å². The topological polar surface area (TPSA) is 52.3 Å². The van der Waals surface area contributed by atoms with E-state index in [9.17, 15) is 0 Å². The minimum atomic E-state index is 0.769. The Bertz CT molecular complexity index is 739. The quantitative estimate of drug-likeness (QED) is 0.677. The number of benzene rings is 1. The van der Waals surface area contributed by atoms with Crippen molar-refractivity contribution in [2.75, 3.05) is 12.9 Å². The van der Waals surface area contributed by atoms with Crippen LogP contribution in [-0.4, -0.2) is 32.7 Å². The number of thioether (sulfide) groups is 1. The standard InChI is InChI=1S/C15H16N4OS/c1-3-10-21-15-17-16-14-9-8-13(18-19(14)15)11-4-6-12(20-2)7-5-11/h4-9H,3,10H2,1-2H3. The smallest absolute Gasteiger partial charge is 0.212 e. The predicted molar refractivity (Wildman–Crippen MR) is 83.8 cm³/mol.